The van der Waals surface area contributed by atoms with E-state index in [0.717, 1.165) is 21.8 Å². The van der Waals surface area contributed by atoms with Gasteiger partial charge in [-0.1, -0.05) is 17.7 Å². The number of carbonyl (C=O) groups excluding carboxylic acids is 1. The van der Waals surface area contributed by atoms with Crippen LogP contribution in [0.25, 0.3) is 0 Å². The molecular weight excluding hydrogens is 306 g/mol. The van der Waals surface area contributed by atoms with Crippen LogP contribution in [0.15, 0.2) is 23.1 Å². The van der Waals surface area contributed by atoms with E-state index >= 15 is 0 Å². The minimum absolute atomic E-state index is 0.217. The van der Waals surface area contributed by atoms with Crippen LogP contribution in [0.5, 0.6) is 0 Å². The highest BCUT2D eigenvalue weighted by Crippen LogP contribution is 2.29. The molecule has 1 saturated heterocycles. The molecule has 0 radical (unpaired) electrons. The molecule has 2 rings (SSSR count). The summed E-state index contributed by atoms with van der Waals surface area (Å²) < 4.78 is 0. The highest BCUT2D eigenvalue weighted by molar-refractivity contribution is 8.00. The summed E-state index contributed by atoms with van der Waals surface area (Å²) in [4.78, 5) is 24.5. The molecule has 0 aliphatic carbocycles. The first kappa shape index (κ1) is 16.2. The number of carboxylic acids is 1. The summed E-state index contributed by atoms with van der Waals surface area (Å²) in [6.45, 7) is 4.02. The smallest absolute Gasteiger partial charge is 0.330 e. The van der Waals surface area contributed by atoms with Crippen molar-refractivity contribution in [3.63, 3.8) is 0 Å². The van der Waals surface area contributed by atoms with Gasteiger partial charge < -0.3 is 10.4 Å². The van der Waals surface area contributed by atoms with Crippen molar-refractivity contribution in [1.82, 2.24) is 5.32 Å². The van der Waals surface area contributed by atoms with E-state index in [1.54, 1.807) is 11.8 Å². The van der Waals surface area contributed by atoms with Gasteiger partial charge in [0.1, 0.15) is 5.54 Å². The van der Waals surface area contributed by atoms with Gasteiger partial charge >= 0.3 is 5.97 Å². The molecule has 0 aromatic heterocycles. The van der Waals surface area contributed by atoms with Gasteiger partial charge in [-0.25, -0.2) is 4.79 Å². The Morgan fingerprint density at radius 2 is 2.19 bits per heavy atom. The Morgan fingerprint density at radius 1 is 1.43 bits per heavy atom. The van der Waals surface area contributed by atoms with Crippen molar-refractivity contribution in [2.45, 2.75) is 30.7 Å². The number of thioether (sulfide) groups is 2. The Morgan fingerprint density at radius 3 is 2.81 bits per heavy atom. The van der Waals surface area contributed by atoms with Gasteiger partial charge in [0.05, 0.1) is 5.75 Å². The number of hydrogen-bond acceptors (Lipinski definition) is 4. The highest BCUT2D eigenvalue weighted by atomic mass is 32.2. The maximum Gasteiger partial charge on any atom is 0.330 e. The standard InChI is InChI=1S/C15H19NO3S2/c1-10-3-4-11(2)12(7-10)21-8-13(17)16-15(14(18)19)5-6-20-9-15/h3-4,7H,5-6,8-9H2,1-2H3,(H,16,17)(H,18,19). The Bertz CT molecular complexity index is 554. The normalized spacial score (nSPS) is 21.2. The average molecular weight is 325 g/mol. The van der Waals surface area contributed by atoms with Crippen molar-refractivity contribution in [2.75, 3.05) is 17.3 Å². The average Bonchev–Trinajstić information content (AvgIpc) is 2.89. The summed E-state index contributed by atoms with van der Waals surface area (Å²) in [5, 5.41) is 12.1. The molecular formula is C15H19NO3S2. The van der Waals surface area contributed by atoms with Gasteiger partial charge in [-0.2, -0.15) is 11.8 Å². The molecule has 0 saturated carbocycles. The lowest BCUT2D eigenvalue weighted by molar-refractivity contribution is -0.146. The van der Waals surface area contributed by atoms with Crippen molar-refractivity contribution in [1.29, 1.82) is 0 Å². The zero-order valence-corrected chi connectivity index (χ0v) is 13.8. The largest absolute Gasteiger partial charge is 0.479 e. The predicted octanol–water partition coefficient (Wildman–Crippen LogP) is 2.47. The first-order valence-corrected chi connectivity index (χ1v) is 8.89. The summed E-state index contributed by atoms with van der Waals surface area (Å²) in [7, 11) is 0. The predicted molar refractivity (Wildman–Crippen MR) is 87.1 cm³/mol. The van der Waals surface area contributed by atoms with Crippen molar-refractivity contribution < 1.29 is 14.7 Å². The van der Waals surface area contributed by atoms with E-state index in [1.165, 1.54) is 11.8 Å². The minimum atomic E-state index is -1.08. The molecule has 1 aromatic carbocycles. The summed E-state index contributed by atoms with van der Waals surface area (Å²) in [6, 6.07) is 6.11. The molecule has 1 aliphatic rings. The maximum atomic E-state index is 12.1. The maximum absolute atomic E-state index is 12.1. The number of hydrogen-bond donors (Lipinski definition) is 2. The zero-order chi connectivity index (χ0) is 15.5. The van der Waals surface area contributed by atoms with Crippen molar-refractivity contribution >= 4 is 35.4 Å². The quantitative estimate of drug-likeness (QED) is 0.814. The van der Waals surface area contributed by atoms with Crippen LogP contribution < -0.4 is 5.32 Å². The lowest BCUT2D eigenvalue weighted by Crippen LogP contribution is -2.55. The van der Waals surface area contributed by atoms with Gasteiger partial charge in [-0.05, 0) is 37.7 Å². The number of aliphatic carboxylic acids is 1. The molecule has 114 valence electrons. The molecule has 1 heterocycles. The fourth-order valence-corrected chi connectivity index (χ4v) is 4.44. The SMILES string of the molecule is Cc1ccc(C)c(SCC(=O)NC2(C(=O)O)CCSC2)c1. The molecule has 1 fully saturated rings. The highest BCUT2D eigenvalue weighted by Gasteiger charge is 2.43. The molecule has 1 aliphatic heterocycles. The van der Waals surface area contributed by atoms with Crippen LogP contribution in [-0.2, 0) is 9.59 Å². The third-order valence-corrected chi connectivity index (χ3v) is 5.86. The van der Waals surface area contributed by atoms with E-state index in [-0.39, 0.29) is 11.7 Å². The summed E-state index contributed by atoms with van der Waals surface area (Å²) in [6.07, 6.45) is 0.493. The molecule has 2 N–H and O–H groups in total. The first-order valence-electron chi connectivity index (χ1n) is 6.75. The van der Waals surface area contributed by atoms with Crippen LogP contribution in [0.2, 0.25) is 0 Å². The minimum Gasteiger partial charge on any atom is -0.479 e. The van der Waals surface area contributed by atoms with E-state index in [1.807, 2.05) is 32.0 Å². The van der Waals surface area contributed by atoms with Crippen LogP contribution in [0.4, 0.5) is 0 Å². The number of carbonyl (C=O) groups is 2. The fourth-order valence-electron chi connectivity index (χ4n) is 2.19. The second-order valence-corrected chi connectivity index (χ2v) is 7.42. The monoisotopic (exact) mass is 325 g/mol. The summed E-state index contributed by atoms with van der Waals surface area (Å²) in [5.41, 5.74) is 1.20. The number of aryl methyl sites for hydroxylation is 2. The van der Waals surface area contributed by atoms with Crippen LogP contribution in [0, 0.1) is 13.8 Å². The van der Waals surface area contributed by atoms with Gasteiger partial charge in [0, 0.05) is 10.6 Å². The van der Waals surface area contributed by atoms with Crippen LogP contribution in [0.1, 0.15) is 17.5 Å². The number of rotatable bonds is 5. The topological polar surface area (TPSA) is 66.4 Å². The molecule has 4 nitrogen and oxygen atoms in total. The molecule has 1 unspecified atom stereocenters. The second-order valence-electron chi connectivity index (χ2n) is 5.30. The molecule has 1 atom stereocenters. The van der Waals surface area contributed by atoms with E-state index in [0.29, 0.717) is 12.2 Å². The van der Waals surface area contributed by atoms with Gasteiger partial charge in [-0.15, -0.1) is 11.8 Å². The lowest BCUT2D eigenvalue weighted by Gasteiger charge is -2.24. The third-order valence-electron chi connectivity index (χ3n) is 3.51. The summed E-state index contributed by atoms with van der Waals surface area (Å²) >= 11 is 3.02. The Kier molecular flexibility index (Phi) is 5.22. The molecule has 0 spiro atoms. The van der Waals surface area contributed by atoms with Crippen LogP contribution in [-0.4, -0.2) is 39.8 Å². The van der Waals surface area contributed by atoms with E-state index in [9.17, 15) is 14.7 Å². The Balaban J connectivity index is 1.96. The van der Waals surface area contributed by atoms with Crippen molar-refractivity contribution in [3.8, 4) is 0 Å². The molecule has 0 bridgehead atoms. The van der Waals surface area contributed by atoms with Gasteiger partial charge in [0.25, 0.3) is 0 Å². The van der Waals surface area contributed by atoms with Crippen LogP contribution >= 0.6 is 23.5 Å². The number of amides is 1. The van der Waals surface area contributed by atoms with E-state index in [2.05, 4.69) is 5.32 Å². The zero-order valence-electron chi connectivity index (χ0n) is 12.1. The third kappa shape index (κ3) is 3.95. The van der Waals surface area contributed by atoms with Gasteiger partial charge in [0.2, 0.25) is 5.91 Å². The number of benzene rings is 1. The fraction of sp³-hybridized carbons (Fsp3) is 0.467. The van der Waals surface area contributed by atoms with Crippen molar-refractivity contribution in [3.05, 3.63) is 29.3 Å². The van der Waals surface area contributed by atoms with Gasteiger partial charge in [-0.3, -0.25) is 4.79 Å². The molecule has 21 heavy (non-hydrogen) atoms. The van der Waals surface area contributed by atoms with E-state index in [4.69, 9.17) is 0 Å². The second kappa shape index (κ2) is 6.75. The van der Waals surface area contributed by atoms with Gasteiger partial charge in [0.15, 0.2) is 0 Å². The molecule has 6 heteroatoms. The van der Waals surface area contributed by atoms with Crippen molar-refractivity contribution in [2.24, 2.45) is 0 Å². The van der Waals surface area contributed by atoms with E-state index < -0.39 is 11.5 Å². The lowest BCUT2D eigenvalue weighted by atomic mass is 9.99. The Labute approximate surface area is 133 Å². The molecule has 1 aromatic rings. The Hall–Kier alpha value is -1.14. The summed E-state index contributed by atoms with van der Waals surface area (Å²) in [5.74, 6) is 0.312. The van der Waals surface area contributed by atoms with Crippen LogP contribution in [0.3, 0.4) is 0 Å². The number of nitrogens with one attached hydrogen (secondary N) is 1. The number of carboxylic acid groups (broad SMARTS) is 1. The molecule has 1 amide bonds. The first-order chi connectivity index (χ1) is 9.93.